The molecule has 3 amide bonds. The molecule has 2 aliphatic heterocycles. The summed E-state index contributed by atoms with van der Waals surface area (Å²) in [6.45, 7) is 1.95. The van der Waals surface area contributed by atoms with Crippen molar-refractivity contribution < 1.29 is 27.5 Å². The second-order valence-electron chi connectivity index (χ2n) is 7.77. The van der Waals surface area contributed by atoms with Crippen molar-refractivity contribution in [3.63, 3.8) is 0 Å². The quantitative estimate of drug-likeness (QED) is 0.663. The predicted octanol–water partition coefficient (Wildman–Crippen LogP) is 1.09. The molecule has 3 N–H and O–H groups in total. The second-order valence-corrected chi connectivity index (χ2v) is 9.70. The molecule has 0 saturated carbocycles. The molecule has 33 heavy (non-hydrogen) atoms. The maximum atomic E-state index is 13.3. The van der Waals surface area contributed by atoms with E-state index in [1.807, 2.05) is 11.0 Å². The van der Waals surface area contributed by atoms with Crippen LogP contribution in [0, 0.1) is 0 Å². The fourth-order valence-electron chi connectivity index (χ4n) is 4.01. The molecule has 0 radical (unpaired) electrons. The molecular formula is C22H26N4O6S. The Morgan fingerprint density at radius 3 is 2.27 bits per heavy atom. The van der Waals surface area contributed by atoms with Crippen LogP contribution < -0.4 is 20.5 Å². The minimum absolute atomic E-state index is 0.131. The summed E-state index contributed by atoms with van der Waals surface area (Å²) < 4.78 is 39.1. The molecule has 1 saturated heterocycles. The van der Waals surface area contributed by atoms with E-state index in [-0.39, 0.29) is 18.0 Å². The van der Waals surface area contributed by atoms with Crippen molar-refractivity contribution in [2.24, 2.45) is 5.73 Å². The van der Waals surface area contributed by atoms with Crippen LogP contribution in [0.3, 0.4) is 0 Å². The lowest BCUT2D eigenvalue weighted by Crippen LogP contribution is -2.53. The van der Waals surface area contributed by atoms with Gasteiger partial charge in [0.25, 0.3) is 0 Å². The third kappa shape index (κ3) is 5.10. The van der Waals surface area contributed by atoms with Crippen LogP contribution in [-0.2, 0) is 14.8 Å². The Morgan fingerprint density at radius 1 is 0.939 bits per heavy atom. The Morgan fingerprint density at radius 2 is 1.61 bits per heavy atom. The minimum atomic E-state index is -3.76. The number of carbonyl (C=O) groups excluding carboxylic acids is 2. The number of piperazine rings is 1. The van der Waals surface area contributed by atoms with Gasteiger partial charge < -0.3 is 15.2 Å². The van der Waals surface area contributed by atoms with Crippen LogP contribution in [-0.4, -0.2) is 69.0 Å². The van der Waals surface area contributed by atoms with Crippen molar-refractivity contribution in [2.45, 2.75) is 17.4 Å². The van der Waals surface area contributed by atoms with E-state index in [0.29, 0.717) is 43.4 Å². The molecule has 1 fully saturated rings. The number of sulfonamides is 1. The monoisotopic (exact) mass is 474 g/mol. The van der Waals surface area contributed by atoms with Gasteiger partial charge in [0.1, 0.15) is 6.04 Å². The standard InChI is InChI=1S/C22H26N4O6S/c23-22(28)24-21(27)20(16-5-2-1-3-6-16)25-9-11-26(12-10-25)33(29,30)17-7-8-18-19(15-17)32-14-4-13-31-18/h1-3,5-8,15,20H,4,9-14H2,(H3,23,24,27,28). The zero-order chi connectivity index (χ0) is 23.4. The van der Waals surface area contributed by atoms with Gasteiger partial charge in [-0.3, -0.25) is 15.0 Å². The Bertz CT molecular complexity index is 1120. The Kier molecular flexibility index (Phi) is 6.82. The lowest BCUT2D eigenvalue weighted by atomic mass is 10.0. The first-order valence-electron chi connectivity index (χ1n) is 10.7. The van der Waals surface area contributed by atoms with E-state index in [9.17, 15) is 18.0 Å². The van der Waals surface area contributed by atoms with E-state index in [2.05, 4.69) is 5.32 Å². The molecular weight excluding hydrogens is 448 g/mol. The van der Waals surface area contributed by atoms with Gasteiger partial charge in [-0.2, -0.15) is 4.31 Å². The molecule has 1 unspecified atom stereocenters. The highest BCUT2D eigenvalue weighted by Gasteiger charge is 2.35. The molecule has 176 valence electrons. The normalized spacial score (nSPS) is 18.2. The summed E-state index contributed by atoms with van der Waals surface area (Å²) in [5.74, 6) is 0.398. The molecule has 0 spiro atoms. The molecule has 2 aromatic rings. The number of fused-ring (bicyclic) bond motifs is 1. The maximum Gasteiger partial charge on any atom is 0.318 e. The molecule has 4 rings (SSSR count). The van der Waals surface area contributed by atoms with E-state index in [1.165, 1.54) is 16.4 Å². The van der Waals surface area contributed by atoms with Gasteiger partial charge in [0.15, 0.2) is 11.5 Å². The number of ether oxygens (including phenoxy) is 2. The van der Waals surface area contributed by atoms with Gasteiger partial charge in [-0.05, 0) is 17.7 Å². The topological polar surface area (TPSA) is 131 Å². The average molecular weight is 475 g/mol. The van der Waals surface area contributed by atoms with Gasteiger partial charge in [0.05, 0.1) is 18.1 Å². The first-order chi connectivity index (χ1) is 15.9. The number of nitrogens with one attached hydrogen (secondary N) is 1. The lowest BCUT2D eigenvalue weighted by Gasteiger charge is -2.38. The van der Waals surface area contributed by atoms with Crippen LogP contribution in [0.25, 0.3) is 0 Å². The number of hydrogen-bond donors (Lipinski definition) is 2. The average Bonchev–Trinajstić information content (AvgIpc) is 3.05. The molecule has 0 bridgehead atoms. The summed E-state index contributed by atoms with van der Waals surface area (Å²) in [6, 6.07) is 11.9. The number of benzene rings is 2. The van der Waals surface area contributed by atoms with Crippen LogP contribution in [0.15, 0.2) is 53.4 Å². The second kappa shape index (κ2) is 9.77. The summed E-state index contributed by atoms with van der Waals surface area (Å²) in [6.07, 6.45) is 0.727. The van der Waals surface area contributed by atoms with Crippen LogP contribution in [0.2, 0.25) is 0 Å². The lowest BCUT2D eigenvalue weighted by molar-refractivity contribution is -0.126. The van der Waals surface area contributed by atoms with Gasteiger partial charge in [0.2, 0.25) is 15.9 Å². The fraction of sp³-hybridized carbons (Fsp3) is 0.364. The number of nitrogens with zero attached hydrogens (tertiary/aromatic N) is 2. The number of hydrogen-bond acceptors (Lipinski definition) is 7. The van der Waals surface area contributed by atoms with Crippen molar-refractivity contribution in [2.75, 3.05) is 39.4 Å². The summed E-state index contributed by atoms with van der Waals surface area (Å²) in [4.78, 5) is 25.9. The molecule has 1 atom stereocenters. The van der Waals surface area contributed by atoms with Gasteiger partial charge in [0, 0.05) is 38.7 Å². The number of imide groups is 1. The fourth-order valence-corrected chi connectivity index (χ4v) is 5.45. The van der Waals surface area contributed by atoms with Gasteiger partial charge in [-0.25, -0.2) is 13.2 Å². The highest BCUT2D eigenvalue weighted by atomic mass is 32.2. The molecule has 2 aliphatic rings. The Balaban J connectivity index is 1.50. The van der Waals surface area contributed by atoms with Crippen LogP contribution in [0.4, 0.5) is 4.79 Å². The van der Waals surface area contributed by atoms with Gasteiger partial charge in [-0.15, -0.1) is 0 Å². The van der Waals surface area contributed by atoms with Crippen LogP contribution in [0.1, 0.15) is 18.0 Å². The number of primary amides is 1. The first kappa shape index (κ1) is 23.0. The van der Waals surface area contributed by atoms with Crippen molar-refractivity contribution >= 4 is 22.0 Å². The number of urea groups is 1. The molecule has 10 nitrogen and oxygen atoms in total. The third-order valence-electron chi connectivity index (χ3n) is 5.61. The number of carbonyl (C=O) groups is 2. The predicted molar refractivity (Wildman–Crippen MR) is 119 cm³/mol. The molecule has 0 aromatic heterocycles. The maximum absolute atomic E-state index is 13.3. The number of nitrogens with two attached hydrogens (primary N) is 1. The number of rotatable bonds is 5. The summed E-state index contributed by atoms with van der Waals surface area (Å²) in [7, 11) is -3.76. The smallest absolute Gasteiger partial charge is 0.318 e. The van der Waals surface area contributed by atoms with Crippen molar-refractivity contribution in [3.05, 3.63) is 54.1 Å². The van der Waals surface area contributed by atoms with E-state index in [1.54, 1.807) is 30.3 Å². The highest BCUT2D eigenvalue weighted by Crippen LogP contribution is 2.33. The Labute approximate surface area is 192 Å². The Hall–Kier alpha value is -3.15. The SMILES string of the molecule is NC(=O)NC(=O)C(c1ccccc1)N1CCN(S(=O)(=O)c2ccc3c(c2)OCCCO3)CC1. The zero-order valence-corrected chi connectivity index (χ0v) is 18.8. The van der Waals surface area contributed by atoms with Crippen molar-refractivity contribution in [1.29, 1.82) is 0 Å². The van der Waals surface area contributed by atoms with Crippen molar-refractivity contribution in [1.82, 2.24) is 14.5 Å². The number of amides is 3. The molecule has 2 aromatic carbocycles. The van der Waals surface area contributed by atoms with Gasteiger partial charge >= 0.3 is 6.03 Å². The van der Waals surface area contributed by atoms with Crippen LogP contribution >= 0.6 is 0 Å². The molecule has 11 heteroatoms. The third-order valence-corrected chi connectivity index (χ3v) is 7.50. The minimum Gasteiger partial charge on any atom is -0.490 e. The first-order valence-corrected chi connectivity index (χ1v) is 12.1. The summed E-state index contributed by atoms with van der Waals surface area (Å²) in [5, 5.41) is 2.14. The molecule has 0 aliphatic carbocycles. The summed E-state index contributed by atoms with van der Waals surface area (Å²) in [5.41, 5.74) is 5.83. The largest absolute Gasteiger partial charge is 0.490 e. The van der Waals surface area contributed by atoms with E-state index in [0.717, 1.165) is 6.42 Å². The van der Waals surface area contributed by atoms with E-state index < -0.39 is 28.0 Å². The highest BCUT2D eigenvalue weighted by molar-refractivity contribution is 7.89. The molecule has 2 heterocycles. The van der Waals surface area contributed by atoms with Crippen molar-refractivity contribution in [3.8, 4) is 11.5 Å². The van der Waals surface area contributed by atoms with Crippen LogP contribution in [0.5, 0.6) is 11.5 Å². The zero-order valence-electron chi connectivity index (χ0n) is 18.0. The van der Waals surface area contributed by atoms with Gasteiger partial charge in [-0.1, -0.05) is 30.3 Å². The van der Waals surface area contributed by atoms with E-state index in [4.69, 9.17) is 15.2 Å². The van der Waals surface area contributed by atoms with E-state index >= 15 is 0 Å². The summed E-state index contributed by atoms with van der Waals surface area (Å²) >= 11 is 0.